The number of carbonyl (C=O) groups is 1. The topological polar surface area (TPSA) is 93.3 Å². The molecule has 1 aliphatic carbocycles. The van der Waals surface area contributed by atoms with Gasteiger partial charge in [-0.15, -0.1) is 11.3 Å². The maximum atomic E-state index is 12.6. The number of aryl methyl sites for hydroxylation is 2. The van der Waals surface area contributed by atoms with Crippen LogP contribution in [-0.2, 0) is 23.4 Å². The quantitative estimate of drug-likeness (QED) is 0.396. The molecule has 0 saturated heterocycles. The fourth-order valence-electron chi connectivity index (χ4n) is 3.86. The van der Waals surface area contributed by atoms with Crippen LogP contribution >= 0.6 is 23.1 Å². The maximum Gasteiger partial charge on any atom is 0.259 e. The first kappa shape index (κ1) is 23.6. The largest absolute Gasteiger partial charge is 0.494 e. The van der Waals surface area contributed by atoms with Gasteiger partial charge in [0.25, 0.3) is 5.56 Å². The number of aromatic amines is 1. The third-order valence-corrected chi connectivity index (χ3v) is 7.57. The van der Waals surface area contributed by atoms with Crippen LogP contribution in [-0.4, -0.2) is 41.4 Å². The molecule has 176 valence electrons. The van der Waals surface area contributed by atoms with E-state index >= 15 is 0 Å². The van der Waals surface area contributed by atoms with Crippen molar-refractivity contribution in [2.24, 2.45) is 0 Å². The summed E-state index contributed by atoms with van der Waals surface area (Å²) in [7, 11) is 0. The number of nitrogens with zero attached hydrogens (tertiary/aromatic N) is 1. The lowest BCUT2D eigenvalue weighted by molar-refractivity contribution is -0.120. The number of benzene rings is 1. The molecule has 9 heteroatoms. The molecule has 0 saturated carbocycles. The summed E-state index contributed by atoms with van der Waals surface area (Å²) in [6.07, 6.45) is 4.78. The van der Waals surface area contributed by atoms with Crippen LogP contribution in [0.2, 0.25) is 0 Å². The monoisotopic (exact) mass is 487 g/mol. The number of amides is 1. The van der Waals surface area contributed by atoms with E-state index in [0.717, 1.165) is 41.0 Å². The van der Waals surface area contributed by atoms with Gasteiger partial charge in [-0.1, -0.05) is 0 Å². The predicted molar refractivity (Wildman–Crippen MR) is 134 cm³/mol. The first-order valence-corrected chi connectivity index (χ1v) is 13.3. The van der Waals surface area contributed by atoms with Crippen LogP contribution in [0.1, 0.15) is 42.5 Å². The second-order valence-electron chi connectivity index (χ2n) is 7.81. The Morgan fingerprint density at radius 2 is 1.94 bits per heavy atom. The van der Waals surface area contributed by atoms with E-state index in [0.29, 0.717) is 43.5 Å². The van der Waals surface area contributed by atoms with Crippen molar-refractivity contribution in [3.8, 4) is 11.5 Å². The highest BCUT2D eigenvalue weighted by Crippen LogP contribution is 2.33. The molecule has 0 fully saturated rings. The minimum Gasteiger partial charge on any atom is -0.494 e. The van der Waals surface area contributed by atoms with Gasteiger partial charge in [0.15, 0.2) is 0 Å². The van der Waals surface area contributed by atoms with Crippen molar-refractivity contribution >= 4 is 39.2 Å². The molecule has 3 aromatic rings. The number of nitrogens with one attached hydrogen (secondary N) is 2. The van der Waals surface area contributed by atoms with Crippen molar-refractivity contribution in [1.82, 2.24) is 15.3 Å². The number of carbonyl (C=O) groups excluding carboxylic acids is 1. The normalized spacial score (nSPS) is 13.0. The van der Waals surface area contributed by atoms with E-state index in [1.165, 1.54) is 16.9 Å². The highest BCUT2D eigenvalue weighted by molar-refractivity contribution is 7.98. The van der Waals surface area contributed by atoms with Gasteiger partial charge in [0.1, 0.15) is 28.8 Å². The van der Waals surface area contributed by atoms with Gasteiger partial charge in [0.05, 0.1) is 24.3 Å². The molecule has 0 atom stereocenters. The lowest BCUT2D eigenvalue weighted by Crippen LogP contribution is -2.28. The zero-order chi connectivity index (χ0) is 23.0. The fourth-order valence-corrected chi connectivity index (χ4v) is 5.94. The van der Waals surface area contributed by atoms with Gasteiger partial charge in [-0.2, -0.15) is 11.8 Å². The first-order valence-electron chi connectivity index (χ1n) is 11.4. The number of fused-ring (bicyclic) bond motifs is 3. The Hall–Kier alpha value is -2.52. The van der Waals surface area contributed by atoms with Crippen molar-refractivity contribution in [2.45, 2.75) is 44.8 Å². The molecule has 0 bridgehead atoms. The second kappa shape index (κ2) is 11.6. The highest BCUT2D eigenvalue weighted by Gasteiger charge is 2.19. The number of ether oxygens (including phenoxy) is 2. The minimum atomic E-state index is -0.0275. The third-order valence-electron chi connectivity index (χ3n) is 5.41. The molecule has 2 heterocycles. The summed E-state index contributed by atoms with van der Waals surface area (Å²) in [6, 6.07) is 7.43. The van der Waals surface area contributed by atoms with Crippen molar-refractivity contribution in [2.75, 3.05) is 25.5 Å². The molecule has 1 aliphatic rings. The van der Waals surface area contributed by atoms with Gasteiger partial charge in [0.2, 0.25) is 5.91 Å². The average molecular weight is 488 g/mol. The average Bonchev–Trinajstić information content (AvgIpc) is 3.20. The van der Waals surface area contributed by atoms with Crippen molar-refractivity contribution in [3.05, 3.63) is 50.9 Å². The van der Waals surface area contributed by atoms with Crippen LogP contribution in [0.4, 0.5) is 0 Å². The SMILES string of the molecule is CCOc1ccc(OCCNC(=O)CCSCc2nc3sc4c(c3c(=O)[nH]2)CCCC4)cc1. The molecular formula is C24H29N3O4S2. The molecule has 2 aromatic heterocycles. The summed E-state index contributed by atoms with van der Waals surface area (Å²) in [6.45, 7) is 3.43. The molecule has 33 heavy (non-hydrogen) atoms. The Morgan fingerprint density at radius 3 is 2.73 bits per heavy atom. The predicted octanol–water partition coefficient (Wildman–Crippen LogP) is 4.08. The van der Waals surface area contributed by atoms with Crippen LogP contribution in [0.15, 0.2) is 29.1 Å². The standard InChI is InChI=1S/C24H29N3O4S2/c1-2-30-16-7-9-17(10-8-16)31-13-12-25-21(28)11-14-32-15-20-26-23(29)22-18-5-3-4-6-19(18)33-24(22)27-20/h7-10H,2-6,11-15H2,1H3,(H,25,28)(H,26,27,29). The van der Waals surface area contributed by atoms with E-state index in [9.17, 15) is 9.59 Å². The van der Waals surface area contributed by atoms with Crippen molar-refractivity contribution in [1.29, 1.82) is 0 Å². The van der Waals surface area contributed by atoms with Gasteiger partial charge >= 0.3 is 0 Å². The van der Waals surface area contributed by atoms with Crippen molar-refractivity contribution in [3.63, 3.8) is 0 Å². The summed E-state index contributed by atoms with van der Waals surface area (Å²) in [4.78, 5) is 34.4. The zero-order valence-electron chi connectivity index (χ0n) is 18.8. The number of aromatic nitrogens is 2. The second-order valence-corrected chi connectivity index (χ2v) is 10.00. The van der Waals surface area contributed by atoms with E-state index in [4.69, 9.17) is 9.47 Å². The van der Waals surface area contributed by atoms with E-state index in [1.807, 2.05) is 31.2 Å². The number of hydrogen-bond donors (Lipinski definition) is 2. The lowest BCUT2D eigenvalue weighted by Gasteiger charge is -2.09. The van der Waals surface area contributed by atoms with E-state index in [2.05, 4.69) is 15.3 Å². The molecule has 7 nitrogen and oxygen atoms in total. The van der Waals surface area contributed by atoms with Crippen LogP contribution in [0.25, 0.3) is 10.2 Å². The number of thioether (sulfide) groups is 1. The highest BCUT2D eigenvalue weighted by atomic mass is 32.2. The molecular weight excluding hydrogens is 458 g/mol. The van der Waals surface area contributed by atoms with Crippen LogP contribution in [0.5, 0.6) is 11.5 Å². The Kier molecular flexibility index (Phi) is 8.28. The summed E-state index contributed by atoms with van der Waals surface area (Å²) in [5.74, 6) is 3.47. The van der Waals surface area contributed by atoms with Gasteiger partial charge < -0.3 is 19.8 Å². The summed E-state index contributed by atoms with van der Waals surface area (Å²) in [5.41, 5.74) is 1.18. The number of rotatable bonds is 11. The molecule has 1 amide bonds. The molecule has 0 aliphatic heterocycles. The Bertz CT molecular complexity index is 1140. The first-order chi connectivity index (χ1) is 16.1. The van der Waals surface area contributed by atoms with Gasteiger partial charge in [0, 0.05) is 17.1 Å². The number of hydrogen-bond acceptors (Lipinski definition) is 7. The molecule has 1 aromatic carbocycles. The van der Waals surface area contributed by atoms with Crippen LogP contribution in [0.3, 0.4) is 0 Å². The summed E-state index contributed by atoms with van der Waals surface area (Å²) < 4.78 is 11.0. The van der Waals surface area contributed by atoms with Crippen LogP contribution in [0, 0.1) is 0 Å². The lowest BCUT2D eigenvalue weighted by atomic mass is 9.97. The molecule has 0 spiro atoms. The van der Waals surface area contributed by atoms with E-state index in [-0.39, 0.29) is 11.5 Å². The van der Waals surface area contributed by atoms with E-state index < -0.39 is 0 Å². The Labute approximate surface area is 201 Å². The smallest absolute Gasteiger partial charge is 0.259 e. The Morgan fingerprint density at radius 1 is 1.18 bits per heavy atom. The van der Waals surface area contributed by atoms with Gasteiger partial charge in [-0.25, -0.2) is 4.98 Å². The zero-order valence-corrected chi connectivity index (χ0v) is 20.4. The van der Waals surface area contributed by atoms with Crippen LogP contribution < -0.4 is 20.3 Å². The molecule has 0 unspecified atom stereocenters. The Balaban J connectivity index is 1.15. The van der Waals surface area contributed by atoms with E-state index in [1.54, 1.807) is 23.1 Å². The molecule has 4 rings (SSSR count). The summed E-state index contributed by atoms with van der Waals surface area (Å²) in [5, 5.41) is 3.66. The fraction of sp³-hybridized carbons (Fsp3) is 0.458. The van der Waals surface area contributed by atoms with Gasteiger partial charge in [-0.3, -0.25) is 9.59 Å². The number of thiophene rings is 1. The molecule has 0 radical (unpaired) electrons. The maximum absolute atomic E-state index is 12.6. The number of H-pyrrole nitrogens is 1. The van der Waals surface area contributed by atoms with Gasteiger partial charge in [-0.05, 0) is 62.4 Å². The summed E-state index contributed by atoms with van der Waals surface area (Å²) >= 11 is 3.26. The minimum absolute atomic E-state index is 0.0133. The third kappa shape index (κ3) is 6.29. The molecule has 2 N–H and O–H groups in total. The van der Waals surface area contributed by atoms with Crippen molar-refractivity contribution < 1.29 is 14.3 Å².